The average molecular weight is 475 g/mol. The number of aliphatic hydroxyl groups is 1. The summed E-state index contributed by atoms with van der Waals surface area (Å²) in [6, 6.07) is 18.7. The van der Waals surface area contributed by atoms with Crippen LogP contribution in [0.3, 0.4) is 0 Å². The second kappa shape index (κ2) is 10.9. The third kappa shape index (κ3) is 5.44. The molecular weight excluding hydrogens is 456 g/mol. The molecule has 8 nitrogen and oxygen atoms in total. The van der Waals surface area contributed by atoms with E-state index in [1.807, 2.05) is 30.3 Å². The maximum absolute atomic E-state index is 12.7. The predicted octanol–water partition coefficient (Wildman–Crippen LogP) is 4.31. The Morgan fingerprint density at radius 3 is 2.53 bits per heavy atom. The summed E-state index contributed by atoms with van der Waals surface area (Å²) in [5.41, 5.74) is 1.00. The number of aromatic nitrogens is 1. The maximum atomic E-state index is 12.7. The van der Waals surface area contributed by atoms with Crippen LogP contribution in [0.2, 0.25) is 5.02 Å². The molecule has 3 rings (SSSR count). The van der Waals surface area contributed by atoms with Crippen molar-refractivity contribution in [3.63, 3.8) is 0 Å². The van der Waals surface area contributed by atoms with Crippen LogP contribution in [0.25, 0.3) is 17.0 Å². The van der Waals surface area contributed by atoms with Gasteiger partial charge >= 0.3 is 0 Å². The van der Waals surface area contributed by atoms with E-state index in [0.29, 0.717) is 5.75 Å². The number of phenols is 1. The van der Waals surface area contributed by atoms with Gasteiger partial charge in [0.1, 0.15) is 30.3 Å². The number of pyridine rings is 1. The standard InChI is InChI=1S/C25H19ClN4O4/c1-30(10-11-34-19-7-5-16(6-8-19)22-4-2-3-9-29-22)25(33)20(15-28)23(31)17-12-18(14-27)24(32)21(26)13-17/h2-9,12-13,31-32H,10-11H2,1H3/b23-20-. The van der Waals surface area contributed by atoms with Crippen molar-refractivity contribution in [2.75, 3.05) is 20.2 Å². The van der Waals surface area contributed by atoms with Crippen molar-refractivity contribution in [3.8, 4) is 34.9 Å². The molecule has 170 valence electrons. The van der Waals surface area contributed by atoms with Crippen LogP contribution in [0.1, 0.15) is 11.1 Å². The molecule has 3 aromatic rings. The van der Waals surface area contributed by atoms with Crippen LogP contribution in [0, 0.1) is 22.7 Å². The minimum Gasteiger partial charge on any atom is -0.506 e. The quantitative estimate of drug-likeness (QED) is 0.296. The molecule has 2 N–H and O–H groups in total. The molecule has 9 heteroatoms. The highest BCUT2D eigenvalue weighted by atomic mass is 35.5. The molecule has 0 atom stereocenters. The number of benzene rings is 2. The number of likely N-dealkylation sites (N-methyl/N-ethyl adjacent to an activating group) is 1. The lowest BCUT2D eigenvalue weighted by molar-refractivity contribution is -0.125. The highest BCUT2D eigenvalue weighted by Gasteiger charge is 2.22. The summed E-state index contributed by atoms with van der Waals surface area (Å²) in [7, 11) is 1.46. The second-order valence-corrected chi connectivity index (χ2v) is 7.52. The minimum absolute atomic E-state index is 0.0399. The van der Waals surface area contributed by atoms with Gasteiger partial charge in [-0.3, -0.25) is 9.78 Å². The van der Waals surface area contributed by atoms with Gasteiger partial charge in [-0.25, -0.2) is 0 Å². The molecule has 0 fully saturated rings. The van der Waals surface area contributed by atoms with Gasteiger partial charge in [0.15, 0.2) is 11.3 Å². The monoisotopic (exact) mass is 474 g/mol. The zero-order valence-electron chi connectivity index (χ0n) is 18.1. The number of halogens is 1. The molecule has 0 aliphatic carbocycles. The molecule has 1 aromatic heterocycles. The molecule has 34 heavy (non-hydrogen) atoms. The number of amides is 1. The molecular formula is C25H19ClN4O4. The van der Waals surface area contributed by atoms with E-state index >= 15 is 0 Å². The average Bonchev–Trinajstić information content (AvgIpc) is 2.86. The number of aromatic hydroxyl groups is 1. The summed E-state index contributed by atoms with van der Waals surface area (Å²) in [6.45, 7) is 0.285. The van der Waals surface area contributed by atoms with E-state index in [4.69, 9.17) is 21.6 Å². The number of carbonyl (C=O) groups is 1. The van der Waals surface area contributed by atoms with Gasteiger partial charge in [0.05, 0.1) is 22.8 Å². The van der Waals surface area contributed by atoms with Gasteiger partial charge in [-0.1, -0.05) is 17.7 Å². The summed E-state index contributed by atoms with van der Waals surface area (Å²) >= 11 is 5.87. The van der Waals surface area contributed by atoms with Crippen LogP contribution < -0.4 is 4.74 Å². The normalized spacial score (nSPS) is 11.1. The number of nitriles is 2. The van der Waals surface area contributed by atoms with Crippen LogP contribution in [-0.4, -0.2) is 46.2 Å². The third-order valence-electron chi connectivity index (χ3n) is 4.88. The van der Waals surface area contributed by atoms with E-state index in [2.05, 4.69) is 4.98 Å². The number of hydrogen-bond donors (Lipinski definition) is 2. The van der Waals surface area contributed by atoms with Crippen LogP contribution in [0.4, 0.5) is 0 Å². The van der Waals surface area contributed by atoms with E-state index in [9.17, 15) is 20.3 Å². The fourth-order valence-electron chi connectivity index (χ4n) is 3.02. The van der Waals surface area contributed by atoms with E-state index in [1.54, 1.807) is 30.5 Å². The van der Waals surface area contributed by atoms with Crippen LogP contribution in [-0.2, 0) is 4.79 Å². The number of rotatable bonds is 7. The summed E-state index contributed by atoms with van der Waals surface area (Å²) in [5.74, 6) is -1.24. The Kier molecular flexibility index (Phi) is 7.71. The molecule has 0 unspecified atom stereocenters. The number of phenolic OH excluding ortho intramolecular Hbond substituents is 1. The first-order valence-electron chi connectivity index (χ1n) is 10.0. The number of carbonyl (C=O) groups excluding carboxylic acids is 1. The summed E-state index contributed by atoms with van der Waals surface area (Å²) in [4.78, 5) is 18.2. The van der Waals surface area contributed by atoms with Gasteiger partial charge in [-0.15, -0.1) is 0 Å². The first kappa shape index (κ1) is 24.1. The topological polar surface area (TPSA) is 130 Å². The van der Waals surface area contributed by atoms with Crippen LogP contribution >= 0.6 is 11.6 Å². The fraction of sp³-hybridized carbons (Fsp3) is 0.120. The van der Waals surface area contributed by atoms with Gasteiger partial charge in [-0.2, -0.15) is 10.5 Å². The Bertz CT molecular complexity index is 1310. The molecule has 0 saturated heterocycles. The molecule has 0 bridgehead atoms. The van der Waals surface area contributed by atoms with Crippen molar-refractivity contribution in [1.29, 1.82) is 10.5 Å². The molecule has 2 aromatic carbocycles. The molecule has 0 radical (unpaired) electrons. The lowest BCUT2D eigenvalue weighted by Crippen LogP contribution is -2.32. The van der Waals surface area contributed by atoms with Crippen molar-refractivity contribution >= 4 is 23.3 Å². The Morgan fingerprint density at radius 2 is 1.91 bits per heavy atom. The highest BCUT2D eigenvalue weighted by molar-refractivity contribution is 6.32. The van der Waals surface area contributed by atoms with E-state index < -0.39 is 23.0 Å². The Hall–Kier alpha value is -4.53. The molecule has 0 aliphatic rings. The SMILES string of the molecule is CN(CCOc1ccc(-c2ccccn2)cc1)C(=O)/C(C#N)=C(\O)c1cc(Cl)c(O)c(C#N)c1. The van der Waals surface area contributed by atoms with Gasteiger partial charge in [0.2, 0.25) is 0 Å². The smallest absolute Gasteiger partial charge is 0.268 e. The lowest BCUT2D eigenvalue weighted by atomic mass is 10.0. The fourth-order valence-corrected chi connectivity index (χ4v) is 3.24. The Labute approximate surface area is 201 Å². The summed E-state index contributed by atoms with van der Waals surface area (Å²) in [5, 5.41) is 38.6. The van der Waals surface area contributed by atoms with Crippen molar-refractivity contribution in [2.24, 2.45) is 0 Å². The largest absolute Gasteiger partial charge is 0.506 e. The molecule has 1 heterocycles. The second-order valence-electron chi connectivity index (χ2n) is 7.12. The molecule has 0 spiro atoms. The van der Waals surface area contributed by atoms with Crippen LogP contribution in [0.5, 0.6) is 11.5 Å². The summed E-state index contributed by atoms with van der Waals surface area (Å²) < 4.78 is 5.68. The van der Waals surface area contributed by atoms with Gasteiger partial charge in [0, 0.05) is 24.4 Å². The number of aliphatic hydroxyl groups excluding tert-OH is 1. The van der Waals surface area contributed by atoms with Crippen molar-refractivity contribution in [2.45, 2.75) is 0 Å². The molecule has 0 aliphatic heterocycles. The van der Waals surface area contributed by atoms with Gasteiger partial charge < -0.3 is 19.8 Å². The van der Waals surface area contributed by atoms with Crippen molar-refractivity contribution in [3.05, 3.63) is 82.5 Å². The first-order valence-corrected chi connectivity index (χ1v) is 10.4. The molecule has 0 saturated carbocycles. The zero-order chi connectivity index (χ0) is 24.7. The van der Waals surface area contributed by atoms with Crippen LogP contribution in [0.15, 0.2) is 66.4 Å². The Balaban J connectivity index is 1.66. The van der Waals surface area contributed by atoms with E-state index in [1.165, 1.54) is 11.9 Å². The minimum atomic E-state index is -0.739. The number of nitrogens with zero attached hydrogens (tertiary/aromatic N) is 4. The molecule has 1 amide bonds. The van der Waals surface area contributed by atoms with Crippen molar-refractivity contribution in [1.82, 2.24) is 9.88 Å². The van der Waals surface area contributed by atoms with Crippen molar-refractivity contribution < 1.29 is 19.7 Å². The van der Waals surface area contributed by atoms with E-state index in [-0.39, 0.29) is 29.3 Å². The maximum Gasteiger partial charge on any atom is 0.268 e. The lowest BCUT2D eigenvalue weighted by Gasteiger charge is -2.18. The highest BCUT2D eigenvalue weighted by Crippen LogP contribution is 2.31. The Morgan fingerprint density at radius 1 is 1.18 bits per heavy atom. The summed E-state index contributed by atoms with van der Waals surface area (Å²) in [6.07, 6.45) is 1.72. The first-order chi connectivity index (χ1) is 16.3. The van der Waals surface area contributed by atoms with Gasteiger partial charge in [-0.05, 0) is 48.5 Å². The number of hydrogen-bond acceptors (Lipinski definition) is 7. The number of ether oxygens (including phenoxy) is 1. The zero-order valence-corrected chi connectivity index (χ0v) is 18.8. The van der Waals surface area contributed by atoms with E-state index in [0.717, 1.165) is 23.4 Å². The van der Waals surface area contributed by atoms with Gasteiger partial charge in [0.25, 0.3) is 5.91 Å². The predicted molar refractivity (Wildman–Crippen MR) is 126 cm³/mol. The third-order valence-corrected chi connectivity index (χ3v) is 5.16.